The number of halogens is 1. The van der Waals surface area contributed by atoms with Crippen molar-refractivity contribution < 1.29 is 33.3 Å². The molecule has 45 heavy (non-hydrogen) atoms. The van der Waals surface area contributed by atoms with E-state index in [1.54, 1.807) is 48.2 Å². The van der Waals surface area contributed by atoms with E-state index in [1.165, 1.54) is 13.3 Å². The second kappa shape index (κ2) is 14.3. The van der Waals surface area contributed by atoms with Gasteiger partial charge < -0.3 is 23.7 Å². The van der Waals surface area contributed by atoms with Crippen LogP contribution in [0.1, 0.15) is 46.8 Å². The van der Waals surface area contributed by atoms with Crippen LogP contribution in [0.5, 0.6) is 23.0 Å². The van der Waals surface area contributed by atoms with Crippen LogP contribution in [0.4, 0.5) is 0 Å². The highest BCUT2D eigenvalue weighted by molar-refractivity contribution is 6.30. The number of fused-ring (bicyclic) bond motifs is 1. The molecule has 0 bridgehead atoms. The molecule has 0 aliphatic carbocycles. The van der Waals surface area contributed by atoms with E-state index in [9.17, 15) is 9.59 Å². The van der Waals surface area contributed by atoms with Gasteiger partial charge in [-0.1, -0.05) is 49.7 Å². The minimum Gasteiger partial charge on any atom is -0.496 e. The first-order chi connectivity index (χ1) is 21.8. The summed E-state index contributed by atoms with van der Waals surface area (Å²) >= 11 is 6.40. The molecule has 0 saturated carbocycles. The van der Waals surface area contributed by atoms with Crippen LogP contribution in [0.3, 0.4) is 0 Å². The Morgan fingerprint density at radius 2 is 1.87 bits per heavy atom. The van der Waals surface area contributed by atoms with Crippen LogP contribution in [0.15, 0.2) is 72.9 Å². The first kappa shape index (κ1) is 31.7. The first-order valence-electron chi connectivity index (χ1n) is 14.7. The minimum absolute atomic E-state index is 0.0694. The number of nitrogens with zero attached hydrogens (tertiary/aromatic N) is 2. The van der Waals surface area contributed by atoms with Crippen LogP contribution in [0.25, 0.3) is 11.3 Å². The lowest BCUT2D eigenvalue weighted by molar-refractivity contribution is -0.130. The number of hydrogen-bond donors (Lipinski definition) is 0. The molecule has 0 radical (unpaired) electrons. The number of benzene rings is 3. The van der Waals surface area contributed by atoms with Crippen molar-refractivity contribution in [2.24, 2.45) is 0 Å². The van der Waals surface area contributed by atoms with Crippen molar-refractivity contribution in [1.82, 2.24) is 9.78 Å². The Kier molecular flexibility index (Phi) is 10.1. The molecule has 0 fully saturated rings. The fraction of sp³-hybridized carbons (Fsp3) is 0.286. The molecule has 0 unspecified atom stereocenters. The van der Waals surface area contributed by atoms with Crippen molar-refractivity contribution in [3.05, 3.63) is 100 Å². The van der Waals surface area contributed by atoms with Crippen molar-refractivity contribution in [2.75, 3.05) is 20.8 Å². The average Bonchev–Trinajstić information content (AvgIpc) is 3.68. The largest absolute Gasteiger partial charge is 0.496 e. The van der Waals surface area contributed by atoms with Crippen LogP contribution in [-0.4, -0.2) is 42.5 Å². The number of carbonyl (C=O) groups excluding carboxylic acids is 2. The number of aryl methyl sites for hydroxylation is 1. The highest BCUT2D eigenvalue weighted by atomic mass is 35.5. The fourth-order valence-electron chi connectivity index (χ4n) is 5.16. The van der Waals surface area contributed by atoms with Gasteiger partial charge in [-0.15, -0.1) is 0 Å². The molecule has 0 amide bonds. The van der Waals surface area contributed by atoms with Gasteiger partial charge in [0, 0.05) is 52.2 Å². The number of unbranched alkanes of at least 4 members (excludes halogenated alkanes) is 1. The van der Waals surface area contributed by atoms with E-state index in [0.717, 1.165) is 36.1 Å². The van der Waals surface area contributed by atoms with Gasteiger partial charge in [-0.2, -0.15) is 5.10 Å². The molecule has 10 heteroatoms. The van der Waals surface area contributed by atoms with Crippen LogP contribution in [0.2, 0.25) is 5.02 Å². The molecule has 4 aromatic rings. The zero-order chi connectivity index (χ0) is 31.9. The maximum Gasteiger partial charge on any atom is 0.339 e. The average molecular weight is 631 g/mol. The number of esters is 2. The second-order valence-electron chi connectivity index (χ2n) is 10.6. The van der Waals surface area contributed by atoms with E-state index < -0.39 is 11.9 Å². The van der Waals surface area contributed by atoms with Crippen molar-refractivity contribution in [3.63, 3.8) is 0 Å². The molecule has 5 rings (SSSR count). The van der Waals surface area contributed by atoms with E-state index in [2.05, 4.69) is 18.6 Å². The lowest BCUT2D eigenvalue weighted by atomic mass is 10.0. The molecule has 2 heterocycles. The standard InChI is InChI=1S/C35H35ClN2O7/c1-5-6-14-38-33(28-12-11-26(36)19-31(28)44-21-24-9-7-8-10-27(24)35(40)42-4)32(20-37-38)45-34(39)22(2)16-25-18-30-23(13-15-43-30)17-29(25)41-3/h7-12,17-20H,2,5-6,13-16,21H2,1,3-4H3. The summed E-state index contributed by atoms with van der Waals surface area (Å²) in [5.74, 6) is 1.08. The molecule has 0 spiro atoms. The zero-order valence-corrected chi connectivity index (χ0v) is 26.3. The topological polar surface area (TPSA) is 98.1 Å². The van der Waals surface area contributed by atoms with Gasteiger partial charge in [0.15, 0.2) is 5.75 Å². The molecule has 1 aromatic heterocycles. The zero-order valence-electron chi connectivity index (χ0n) is 25.6. The summed E-state index contributed by atoms with van der Waals surface area (Å²) in [6.45, 7) is 7.37. The summed E-state index contributed by atoms with van der Waals surface area (Å²) in [5.41, 5.74) is 4.31. The fourth-order valence-corrected chi connectivity index (χ4v) is 5.32. The Balaban J connectivity index is 1.43. The molecule has 234 valence electrons. The van der Waals surface area contributed by atoms with E-state index in [4.69, 9.17) is 35.3 Å². The summed E-state index contributed by atoms with van der Waals surface area (Å²) in [6, 6.07) is 16.1. The van der Waals surface area contributed by atoms with Gasteiger partial charge in [-0.25, -0.2) is 9.59 Å². The molecule has 3 aromatic carbocycles. The Labute approximate surface area is 267 Å². The second-order valence-corrected chi connectivity index (χ2v) is 11.0. The van der Waals surface area contributed by atoms with Gasteiger partial charge in [-0.05, 0) is 42.8 Å². The van der Waals surface area contributed by atoms with Crippen LogP contribution < -0.4 is 18.9 Å². The molecule has 1 aliphatic heterocycles. The van der Waals surface area contributed by atoms with Crippen molar-refractivity contribution in [3.8, 4) is 34.3 Å². The van der Waals surface area contributed by atoms with E-state index in [1.807, 2.05) is 18.2 Å². The minimum atomic E-state index is -0.599. The van der Waals surface area contributed by atoms with Gasteiger partial charge in [0.1, 0.15) is 29.5 Å². The van der Waals surface area contributed by atoms with Gasteiger partial charge >= 0.3 is 11.9 Å². The van der Waals surface area contributed by atoms with Crippen molar-refractivity contribution in [2.45, 2.75) is 45.8 Å². The van der Waals surface area contributed by atoms with E-state index in [-0.39, 0.29) is 24.4 Å². The summed E-state index contributed by atoms with van der Waals surface area (Å²) < 4.78 is 30.2. The third-order valence-electron chi connectivity index (χ3n) is 7.52. The highest BCUT2D eigenvalue weighted by Gasteiger charge is 2.24. The lowest BCUT2D eigenvalue weighted by Crippen LogP contribution is -2.13. The van der Waals surface area contributed by atoms with Gasteiger partial charge in [0.25, 0.3) is 0 Å². The van der Waals surface area contributed by atoms with E-state index in [0.29, 0.717) is 52.1 Å². The number of ether oxygens (including phenoxy) is 5. The van der Waals surface area contributed by atoms with Crippen molar-refractivity contribution in [1.29, 1.82) is 0 Å². The summed E-state index contributed by atoms with van der Waals surface area (Å²) in [6.07, 6.45) is 4.34. The van der Waals surface area contributed by atoms with E-state index >= 15 is 0 Å². The molecule has 0 N–H and O–H groups in total. The summed E-state index contributed by atoms with van der Waals surface area (Å²) in [5, 5.41) is 5.00. The molecule has 1 aliphatic rings. The van der Waals surface area contributed by atoms with Crippen LogP contribution >= 0.6 is 11.6 Å². The van der Waals surface area contributed by atoms with Crippen molar-refractivity contribution >= 4 is 23.5 Å². The monoisotopic (exact) mass is 630 g/mol. The highest BCUT2D eigenvalue weighted by Crippen LogP contribution is 2.39. The molecule has 9 nitrogen and oxygen atoms in total. The number of rotatable bonds is 13. The maximum absolute atomic E-state index is 13.4. The SMILES string of the molecule is C=C(Cc1cc2c(cc1OC)CCO2)C(=O)Oc1cnn(CCCC)c1-c1ccc(Cl)cc1OCc1ccccc1C(=O)OC. The summed E-state index contributed by atoms with van der Waals surface area (Å²) in [4.78, 5) is 25.7. The third kappa shape index (κ3) is 7.15. The quantitative estimate of drug-likeness (QED) is 0.115. The molecular weight excluding hydrogens is 596 g/mol. The van der Waals surface area contributed by atoms with Gasteiger partial charge in [-0.3, -0.25) is 4.68 Å². The predicted molar refractivity (Wildman–Crippen MR) is 170 cm³/mol. The van der Waals surface area contributed by atoms with Crippen LogP contribution in [-0.2, 0) is 35.5 Å². The predicted octanol–water partition coefficient (Wildman–Crippen LogP) is 7.02. The van der Waals surface area contributed by atoms with Gasteiger partial charge in [0.2, 0.25) is 0 Å². The Morgan fingerprint density at radius 1 is 1.04 bits per heavy atom. The van der Waals surface area contributed by atoms with Crippen LogP contribution in [0, 0.1) is 0 Å². The molecule has 0 saturated heterocycles. The smallest absolute Gasteiger partial charge is 0.339 e. The Morgan fingerprint density at radius 3 is 2.64 bits per heavy atom. The molecule has 0 atom stereocenters. The Hall–Kier alpha value is -4.76. The Bertz CT molecular complexity index is 1730. The maximum atomic E-state index is 13.4. The third-order valence-corrected chi connectivity index (χ3v) is 7.76. The lowest BCUT2D eigenvalue weighted by Gasteiger charge is -2.16. The summed E-state index contributed by atoms with van der Waals surface area (Å²) in [7, 11) is 2.93. The molecular formula is C35H35ClN2O7. The normalized spacial score (nSPS) is 11.8. The number of hydrogen-bond acceptors (Lipinski definition) is 8. The number of aromatic nitrogens is 2. The first-order valence-corrected chi connectivity index (χ1v) is 15.1. The van der Waals surface area contributed by atoms with Gasteiger partial charge in [0.05, 0.1) is 32.6 Å². The number of methoxy groups -OCH3 is 2. The number of carbonyl (C=O) groups is 2.